The quantitative estimate of drug-likeness (QED) is 0.702. The third-order valence-electron chi connectivity index (χ3n) is 3.00. The van der Waals surface area contributed by atoms with Crippen LogP contribution in [0.4, 0.5) is 5.69 Å². The molecule has 4 N–H and O–H groups in total. The minimum Gasteiger partial charge on any atom is -0.384 e. The largest absolute Gasteiger partial charge is 0.384 e. The summed E-state index contributed by atoms with van der Waals surface area (Å²) in [7, 11) is -2.15. The first-order chi connectivity index (χ1) is 10.1. The molecule has 0 bridgehead atoms. The average Bonchev–Trinajstić information content (AvgIpc) is 2.95. The van der Waals surface area contributed by atoms with Crippen molar-refractivity contribution in [3.8, 4) is 0 Å². The molecule has 0 aliphatic carbocycles. The van der Waals surface area contributed by atoms with Gasteiger partial charge in [0.1, 0.15) is 0 Å². The number of para-hydroxylation sites is 1. The van der Waals surface area contributed by atoms with Crippen LogP contribution in [0.1, 0.15) is 11.1 Å². The lowest BCUT2D eigenvalue weighted by atomic mass is 10.1. The van der Waals surface area contributed by atoms with Crippen molar-refractivity contribution in [3.63, 3.8) is 0 Å². The molecule has 8 heteroatoms. The zero-order chi connectivity index (χ0) is 15.3. The van der Waals surface area contributed by atoms with Crippen LogP contribution in [0.3, 0.4) is 0 Å². The number of nitrogens with two attached hydrogens (primary N) is 1. The van der Waals surface area contributed by atoms with Crippen LogP contribution in [-0.2, 0) is 27.7 Å². The molecule has 1 aromatic carbocycles. The van der Waals surface area contributed by atoms with Crippen molar-refractivity contribution in [2.45, 2.75) is 18.0 Å². The summed E-state index contributed by atoms with van der Waals surface area (Å²) in [4.78, 5) is 0. The number of aromatic nitrogens is 2. The molecule has 21 heavy (non-hydrogen) atoms. The Morgan fingerprint density at radius 1 is 1.33 bits per heavy atom. The number of nitrogens with zero attached hydrogens (tertiary/aromatic N) is 1. The molecule has 1 aromatic heterocycles. The molecule has 0 fully saturated rings. The maximum Gasteiger partial charge on any atom is 0.279 e. The minimum atomic E-state index is -3.75. The second-order valence-corrected chi connectivity index (χ2v) is 6.05. The predicted molar refractivity (Wildman–Crippen MR) is 79.3 cm³/mol. The van der Waals surface area contributed by atoms with Crippen molar-refractivity contribution in [1.29, 1.82) is 0 Å². The molecule has 0 radical (unpaired) electrons. The van der Waals surface area contributed by atoms with Gasteiger partial charge >= 0.3 is 0 Å². The van der Waals surface area contributed by atoms with Crippen LogP contribution in [0, 0.1) is 0 Å². The number of methoxy groups -OCH3 is 1. The number of nitrogens with one attached hydrogen (secondary N) is 2. The second-order valence-electron chi connectivity index (χ2n) is 4.43. The van der Waals surface area contributed by atoms with Crippen molar-refractivity contribution in [2.24, 2.45) is 5.73 Å². The van der Waals surface area contributed by atoms with Gasteiger partial charge in [-0.3, -0.25) is 9.82 Å². The van der Waals surface area contributed by atoms with Gasteiger partial charge in [0, 0.05) is 19.2 Å². The molecule has 0 amide bonds. The van der Waals surface area contributed by atoms with E-state index in [4.69, 9.17) is 10.5 Å². The van der Waals surface area contributed by atoms with E-state index in [0.29, 0.717) is 24.3 Å². The Balaban J connectivity index is 2.29. The fraction of sp³-hybridized carbons (Fsp3) is 0.308. The Bertz CT molecular complexity index is 697. The van der Waals surface area contributed by atoms with Crippen LogP contribution in [-0.4, -0.2) is 32.3 Å². The van der Waals surface area contributed by atoms with Gasteiger partial charge in [0.2, 0.25) is 0 Å². The standard InChI is InChI=1S/C13H18N4O3S/c1-20-7-6-10-4-2-3-5-12(10)17-21(18,19)13-11(8-14)9-15-16-13/h2-5,9,17H,6-8,14H2,1H3,(H,15,16). The lowest BCUT2D eigenvalue weighted by molar-refractivity contribution is 0.202. The van der Waals surface area contributed by atoms with Gasteiger partial charge in [-0.1, -0.05) is 18.2 Å². The number of rotatable bonds is 7. The topological polar surface area (TPSA) is 110 Å². The molecule has 114 valence electrons. The van der Waals surface area contributed by atoms with Crippen molar-refractivity contribution >= 4 is 15.7 Å². The maximum absolute atomic E-state index is 12.4. The third kappa shape index (κ3) is 3.60. The average molecular weight is 310 g/mol. The number of benzene rings is 1. The summed E-state index contributed by atoms with van der Waals surface area (Å²) in [5.41, 5.74) is 7.33. The van der Waals surface area contributed by atoms with E-state index in [0.717, 1.165) is 5.56 Å². The van der Waals surface area contributed by atoms with Gasteiger partial charge in [0.25, 0.3) is 10.0 Å². The lowest BCUT2D eigenvalue weighted by Crippen LogP contribution is -2.17. The molecule has 0 saturated carbocycles. The number of anilines is 1. The molecule has 2 rings (SSSR count). The van der Waals surface area contributed by atoms with Crippen LogP contribution < -0.4 is 10.5 Å². The number of hydrogen-bond acceptors (Lipinski definition) is 5. The van der Waals surface area contributed by atoms with Crippen LogP contribution in [0.15, 0.2) is 35.5 Å². The van der Waals surface area contributed by atoms with Crippen molar-refractivity contribution in [2.75, 3.05) is 18.4 Å². The summed E-state index contributed by atoms with van der Waals surface area (Å²) in [5.74, 6) is 0. The van der Waals surface area contributed by atoms with E-state index >= 15 is 0 Å². The molecular formula is C13H18N4O3S. The number of hydrogen-bond donors (Lipinski definition) is 3. The maximum atomic E-state index is 12.4. The molecule has 2 aromatic rings. The second kappa shape index (κ2) is 6.70. The summed E-state index contributed by atoms with van der Waals surface area (Å²) in [6.45, 7) is 0.606. The summed E-state index contributed by atoms with van der Waals surface area (Å²) in [5, 5.41) is 6.20. The molecule has 0 aliphatic rings. The Morgan fingerprint density at radius 2 is 2.10 bits per heavy atom. The van der Waals surface area contributed by atoms with Crippen LogP contribution in [0.5, 0.6) is 0 Å². The smallest absolute Gasteiger partial charge is 0.279 e. The Morgan fingerprint density at radius 3 is 2.81 bits per heavy atom. The molecule has 7 nitrogen and oxygen atoms in total. The number of ether oxygens (including phenoxy) is 1. The molecule has 0 aliphatic heterocycles. The summed E-state index contributed by atoms with van der Waals surface area (Å²) >= 11 is 0. The van der Waals surface area contributed by atoms with Gasteiger partial charge < -0.3 is 10.5 Å². The van der Waals surface area contributed by atoms with E-state index in [9.17, 15) is 8.42 Å². The monoisotopic (exact) mass is 310 g/mol. The zero-order valence-corrected chi connectivity index (χ0v) is 12.5. The normalized spacial score (nSPS) is 11.5. The Hall–Kier alpha value is -1.90. The number of sulfonamides is 1. The highest BCUT2D eigenvalue weighted by molar-refractivity contribution is 7.92. The Labute approximate surface area is 123 Å². The van der Waals surface area contributed by atoms with Gasteiger partial charge in [0.15, 0.2) is 5.03 Å². The van der Waals surface area contributed by atoms with Gasteiger partial charge in [-0.05, 0) is 18.1 Å². The van der Waals surface area contributed by atoms with Crippen molar-refractivity contribution in [1.82, 2.24) is 10.2 Å². The van der Waals surface area contributed by atoms with Crippen LogP contribution >= 0.6 is 0 Å². The number of aromatic amines is 1. The highest BCUT2D eigenvalue weighted by Gasteiger charge is 2.21. The van der Waals surface area contributed by atoms with Crippen molar-refractivity contribution in [3.05, 3.63) is 41.6 Å². The van der Waals surface area contributed by atoms with Gasteiger partial charge in [-0.25, -0.2) is 0 Å². The molecule has 0 atom stereocenters. The third-order valence-corrected chi connectivity index (χ3v) is 4.38. The van der Waals surface area contributed by atoms with E-state index in [-0.39, 0.29) is 11.6 Å². The fourth-order valence-electron chi connectivity index (χ4n) is 1.92. The van der Waals surface area contributed by atoms with Gasteiger partial charge in [-0.15, -0.1) is 0 Å². The predicted octanol–water partition coefficient (Wildman–Crippen LogP) is 0.858. The van der Waals surface area contributed by atoms with E-state index in [1.165, 1.54) is 6.20 Å². The number of H-pyrrole nitrogens is 1. The van der Waals surface area contributed by atoms with Gasteiger partial charge in [-0.2, -0.15) is 13.5 Å². The molecule has 0 unspecified atom stereocenters. The molecule has 0 saturated heterocycles. The van der Waals surface area contributed by atoms with E-state index < -0.39 is 10.0 Å². The fourth-order valence-corrected chi connectivity index (χ4v) is 3.17. The van der Waals surface area contributed by atoms with E-state index in [1.807, 2.05) is 12.1 Å². The van der Waals surface area contributed by atoms with Crippen LogP contribution in [0.25, 0.3) is 0 Å². The van der Waals surface area contributed by atoms with Crippen molar-refractivity contribution < 1.29 is 13.2 Å². The summed E-state index contributed by atoms with van der Waals surface area (Å²) in [6, 6.07) is 7.18. The van der Waals surface area contributed by atoms with Gasteiger partial charge in [0.05, 0.1) is 18.5 Å². The first kappa shape index (κ1) is 15.5. The summed E-state index contributed by atoms with van der Waals surface area (Å²) < 4.78 is 32.4. The zero-order valence-electron chi connectivity index (χ0n) is 11.7. The Kier molecular flexibility index (Phi) is 4.94. The SMILES string of the molecule is COCCc1ccccc1NS(=O)(=O)c1[nH]ncc1CN. The highest BCUT2D eigenvalue weighted by Crippen LogP contribution is 2.21. The first-order valence-corrected chi connectivity index (χ1v) is 7.88. The minimum absolute atomic E-state index is 0.00783. The molecule has 0 spiro atoms. The van der Waals surface area contributed by atoms with E-state index in [1.54, 1.807) is 19.2 Å². The first-order valence-electron chi connectivity index (χ1n) is 6.40. The highest BCUT2D eigenvalue weighted by atomic mass is 32.2. The van der Waals surface area contributed by atoms with Crippen LogP contribution in [0.2, 0.25) is 0 Å². The molecular weight excluding hydrogens is 292 g/mol. The lowest BCUT2D eigenvalue weighted by Gasteiger charge is -2.12. The molecule has 1 heterocycles. The van der Waals surface area contributed by atoms with E-state index in [2.05, 4.69) is 14.9 Å². The summed E-state index contributed by atoms with van der Waals surface area (Å²) in [6.07, 6.45) is 2.02.